The van der Waals surface area contributed by atoms with Crippen LogP contribution in [0.1, 0.15) is 23.2 Å². The predicted octanol–water partition coefficient (Wildman–Crippen LogP) is 1.66. The van der Waals surface area contributed by atoms with Gasteiger partial charge in [-0.15, -0.1) is 0 Å². The Kier molecular flexibility index (Phi) is 4.37. The van der Waals surface area contributed by atoms with E-state index in [2.05, 4.69) is 5.32 Å². The molecule has 1 N–H and O–H groups in total. The van der Waals surface area contributed by atoms with Gasteiger partial charge in [0.25, 0.3) is 5.91 Å². The molecular formula is C14H19FN2O2. The van der Waals surface area contributed by atoms with Gasteiger partial charge in [0.2, 0.25) is 0 Å². The molecule has 1 aromatic carbocycles. The summed E-state index contributed by atoms with van der Waals surface area (Å²) in [5, 5.41) is 3.20. The smallest absolute Gasteiger partial charge is 0.260 e. The third-order valence-corrected chi connectivity index (χ3v) is 3.60. The van der Waals surface area contributed by atoms with Gasteiger partial charge in [-0.2, -0.15) is 0 Å². The van der Waals surface area contributed by atoms with E-state index >= 15 is 0 Å². The fraction of sp³-hybridized carbons (Fsp3) is 0.500. The zero-order chi connectivity index (χ0) is 13.8. The number of carbonyl (C=O) groups is 1. The minimum absolute atomic E-state index is 0.0351. The van der Waals surface area contributed by atoms with E-state index in [1.165, 1.54) is 19.2 Å². The molecule has 0 bridgehead atoms. The maximum Gasteiger partial charge on any atom is 0.260 e. The van der Waals surface area contributed by atoms with Gasteiger partial charge in [-0.25, -0.2) is 4.39 Å². The first-order chi connectivity index (χ1) is 9.17. The first-order valence-corrected chi connectivity index (χ1v) is 6.46. The van der Waals surface area contributed by atoms with E-state index < -0.39 is 5.82 Å². The lowest BCUT2D eigenvalue weighted by atomic mass is 10.0. The van der Waals surface area contributed by atoms with Crippen molar-refractivity contribution in [2.24, 2.45) is 0 Å². The van der Waals surface area contributed by atoms with Crippen molar-refractivity contribution in [2.45, 2.75) is 18.9 Å². The maximum absolute atomic E-state index is 13.8. The molecule has 2 rings (SSSR count). The average molecular weight is 266 g/mol. The van der Waals surface area contributed by atoms with Crippen molar-refractivity contribution in [2.75, 3.05) is 27.2 Å². The number of carbonyl (C=O) groups excluding carboxylic acids is 1. The normalized spacial score (nSPS) is 16.5. The molecule has 1 aliphatic rings. The number of amides is 1. The summed E-state index contributed by atoms with van der Waals surface area (Å²) in [5.41, 5.74) is 0.0351. The van der Waals surface area contributed by atoms with Crippen LogP contribution in [0.5, 0.6) is 5.75 Å². The number of rotatable bonds is 3. The lowest BCUT2D eigenvalue weighted by Gasteiger charge is -2.32. The van der Waals surface area contributed by atoms with Crippen LogP contribution in [0.4, 0.5) is 4.39 Å². The Balaban J connectivity index is 2.16. The number of hydrogen-bond donors (Lipinski definition) is 1. The standard InChI is InChI=1S/C14H19FN2O2/c1-16-10-6-8-17(9-7-10)14(18)13-11(15)4-3-5-12(13)19-2/h3-5,10,16H,6-9H2,1-2H3. The highest BCUT2D eigenvalue weighted by atomic mass is 19.1. The van der Waals surface area contributed by atoms with Crippen molar-refractivity contribution < 1.29 is 13.9 Å². The van der Waals surface area contributed by atoms with Gasteiger partial charge >= 0.3 is 0 Å². The van der Waals surface area contributed by atoms with Crippen LogP contribution in [0.3, 0.4) is 0 Å². The summed E-state index contributed by atoms with van der Waals surface area (Å²) in [5.74, 6) is -0.523. The van der Waals surface area contributed by atoms with E-state index in [-0.39, 0.29) is 11.5 Å². The summed E-state index contributed by atoms with van der Waals surface area (Å²) in [7, 11) is 3.36. The molecule has 1 aliphatic heterocycles. The molecule has 4 nitrogen and oxygen atoms in total. The zero-order valence-electron chi connectivity index (χ0n) is 11.3. The summed E-state index contributed by atoms with van der Waals surface area (Å²) in [6.45, 7) is 1.28. The molecule has 1 heterocycles. The molecule has 1 amide bonds. The Hall–Kier alpha value is -1.62. The van der Waals surface area contributed by atoms with Gasteiger partial charge in [0, 0.05) is 19.1 Å². The number of ether oxygens (including phenoxy) is 1. The highest BCUT2D eigenvalue weighted by molar-refractivity contribution is 5.97. The Labute approximate surface area is 112 Å². The predicted molar refractivity (Wildman–Crippen MR) is 70.9 cm³/mol. The second kappa shape index (κ2) is 6.02. The summed E-state index contributed by atoms with van der Waals surface area (Å²) in [4.78, 5) is 14.1. The molecule has 0 unspecified atom stereocenters. The topological polar surface area (TPSA) is 41.6 Å². The van der Waals surface area contributed by atoms with Crippen LogP contribution in [0.2, 0.25) is 0 Å². The maximum atomic E-state index is 13.8. The van der Waals surface area contributed by atoms with Crippen LogP contribution >= 0.6 is 0 Å². The van der Waals surface area contributed by atoms with Crippen molar-refractivity contribution >= 4 is 5.91 Å². The number of benzene rings is 1. The van der Waals surface area contributed by atoms with Crippen LogP contribution in [-0.2, 0) is 0 Å². The number of likely N-dealkylation sites (tertiary alicyclic amines) is 1. The number of methoxy groups -OCH3 is 1. The van der Waals surface area contributed by atoms with Crippen LogP contribution in [-0.4, -0.2) is 44.1 Å². The molecule has 0 radical (unpaired) electrons. The highest BCUT2D eigenvalue weighted by Crippen LogP contribution is 2.24. The molecular weight excluding hydrogens is 247 g/mol. The first-order valence-electron chi connectivity index (χ1n) is 6.46. The molecule has 0 aromatic heterocycles. The Morgan fingerprint density at radius 3 is 2.68 bits per heavy atom. The van der Waals surface area contributed by atoms with Crippen molar-refractivity contribution in [1.29, 1.82) is 0 Å². The quantitative estimate of drug-likeness (QED) is 0.904. The SMILES string of the molecule is CNC1CCN(C(=O)c2c(F)cccc2OC)CC1. The van der Waals surface area contributed by atoms with E-state index in [1.54, 1.807) is 11.0 Å². The Bertz CT molecular complexity index is 457. The van der Waals surface area contributed by atoms with E-state index in [0.717, 1.165) is 12.8 Å². The van der Waals surface area contributed by atoms with Crippen LogP contribution in [0.25, 0.3) is 0 Å². The third-order valence-electron chi connectivity index (χ3n) is 3.60. The minimum Gasteiger partial charge on any atom is -0.496 e. The summed E-state index contributed by atoms with van der Waals surface area (Å²) in [6.07, 6.45) is 1.78. The number of hydrogen-bond acceptors (Lipinski definition) is 3. The van der Waals surface area contributed by atoms with Gasteiger partial charge in [0.1, 0.15) is 17.1 Å². The summed E-state index contributed by atoms with van der Waals surface area (Å²) >= 11 is 0. The molecule has 0 atom stereocenters. The van der Waals surface area contributed by atoms with Crippen LogP contribution < -0.4 is 10.1 Å². The van der Waals surface area contributed by atoms with Gasteiger partial charge in [-0.05, 0) is 32.0 Å². The summed E-state index contributed by atoms with van der Waals surface area (Å²) < 4.78 is 18.9. The van der Waals surface area contributed by atoms with E-state index in [9.17, 15) is 9.18 Å². The third kappa shape index (κ3) is 2.87. The molecule has 0 spiro atoms. The van der Waals surface area contributed by atoms with E-state index in [0.29, 0.717) is 24.9 Å². The number of nitrogens with zero attached hydrogens (tertiary/aromatic N) is 1. The molecule has 19 heavy (non-hydrogen) atoms. The average Bonchev–Trinajstić information content (AvgIpc) is 2.46. The molecule has 1 aromatic rings. The van der Waals surface area contributed by atoms with Gasteiger partial charge in [-0.3, -0.25) is 4.79 Å². The van der Waals surface area contributed by atoms with Crippen molar-refractivity contribution in [1.82, 2.24) is 10.2 Å². The molecule has 5 heteroatoms. The van der Waals surface area contributed by atoms with Crippen LogP contribution in [0.15, 0.2) is 18.2 Å². The van der Waals surface area contributed by atoms with Crippen molar-refractivity contribution in [3.63, 3.8) is 0 Å². The number of piperidine rings is 1. The minimum atomic E-state index is -0.528. The Morgan fingerprint density at radius 2 is 2.11 bits per heavy atom. The second-order valence-electron chi connectivity index (χ2n) is 4.67. The molecule has 104 valence electrons. The number of nitrogens with one attached hydrogen (secondary N) is 1. The lowest BCUT2D eigenvalue weighted by Crippen LogP contribution is -2.44. The lowest BCUT2D eigenvalue weighted by molar-refractivity contribution is 0.0699. The second-order valence-corrected chi connectivity index (χ2v) is 4.67. The zero-order valence-corrected chi connectivity index (χ0v) is 11.3. The largest absolute Gasteiger partial charge is 0.496 e. The first kappa shape index (κ1) is 13.8. The molecule has 0 aliphatic carbocycles. The summed E-state index contributed by atoms with van der Waals surface area (Å²) in [6, 6.07) is 4.87. The van der Waals surface area contributed by atoms with Gasteiger partial charge < -0.3 is 15.0 Å². The van der Waals surface area contributed by atoms with E-state index in [4.69, 9.17) is 4.74 Å². The van der Waals surface area contributed by atoms with Crippen molar-refractivity contribution in [3.05, 3.63) is 29.6 Å². The Morgan fingerprint density at radius 1 is 1.42 bits per heavy atom. The van der Waals surface area contributed by atoms with E-state index in [1.807, 2.05) is 7.05 Å². The monoisotopic (exact) mass is 266 g/mol. The van der Waals surface area contributed by atoms with Gasteiger partial charge in [-0.1, -0.05) is 6.07 Å². The van der Waals surface area contributed by atoms with Crippen molar-refractivity contribution in [3.8, 4) is 5.75 Å². The molecule has 0 saturated carbocycles. The fourth-order valence-electron chi connectivity index (χ4n) is 2.41. The van der Waals surface area contributed by atoms with Gasteiger partial charge in [0.05, 0.1) is 7.11 Å². The molecule has 1 fully saturated rings. The number of halogens is 1. The van der Waals surface area contributed by atoms with Gasteiger partial charge in [0.15, 0.2) is 0 Å². The fourth-order valence-corrected chi connectivity index (χ4v) is 2.41. The van der Waals surface area contributed by atoms with Crippen LogP contribution in [0, 0.1) is 5.82 Å². The highest BCUT2D eigenvalue weighted by Gasteiger charge is 2.26. The molecule has 1 saturated heterocycles.